The van der Waals surface area contributed by atoms with Gasteiger partial charge in [0.05, 0.1) is 24.0 Å². The van der Waals surface area contributed by atoms with Gasteiger partial charge >= 0.3 is 0 Å². The molecule has 2 fully saturated rings. The molecule has 236 valence electrons. The van der Waals surface area contributed by atoms with Gasteiger partial charge < -0.3 is 24.7 Å². The number of hydrogen-bond acceptors (Lipinski definition) is 7. The number of nitrogens with zero attached hydrogens (tertiary/aromatic N) is 4. The highest BCUT2D eigenvalue weighted by Gasteiger charge is 2.61. The molecule has 1 aliphatic carbocycles. The van der Waals surface area contributed by atoms with E-state index < -0.39 is 17.7 Å². The van der Waals surface area contributed by atoms with E-state index in [0.29, 0.717) is 40.5 Å². The van der Waals surface area contributed by atoms with Crippen LogP contribution in [0.25, 0.3) is 11.1 Å². The van der Waals surface area contributed by atoms with Crippen molar-refractivity contribution in [1.82, 2.24) is 19.8 Å². The quantitative estimate of drug-likeness (QED) is 0.377. The van der Waals surface area contributed by atoms with Gasteiger partial charge in [-0.05, 0) is 84.7 Å². The SMILES string of the molecule is CN1CC2C(C1)C2(C)C.CO.Cc1cc(C#N)cc(C)c1-c1cc(F)c(F)c(C(CC=O)NC=O)c1.Cn1cnc(C=O)c1. The molecule has 0 radical (unpaired) electrons. The third kappa shape index (κ3) is 8.65. The molecule has 1 saturated heterocycles. The highest BCUT2D eigenvalue weighted by atomic mass is 19.2. The van der Waals surface area contributed by atoms with Crippen molar-refractivity contribution in [3.63, 3.8) is 0 Å². The summed E-state index contributed by atoms with van der Waals surface area (Å²) in [5, 5.41) is 18.4. The number of halogens is 2. The first-order valence-electron chi connectivity index (χ1n) is 14.1. The number of rotatable bonds is 7. The number of hydrogen-bond donors (Lipinski definition) is 2. The maximum Gasteiger partial charge on any atom is 0.207 e. The van der Waals surface area contributed by atoms with E-state index >= 15 is 0 Å². The normalized spacial score (nSPS) is 17.9. The highest BCUT2D eigenvalue weighted by Crippen LogP contribution is 2.61. The number of amides is 1. The van der Waals surface area contributed by atoms with Crippen molar-refractivity contribution in [3.8, 4) is 17.2 Å². The molecular weight excluding hydrogens is 568 g/mol. The summed E-state index contributed by atoms with van der Waals surface area (Å²) in [7, 11) is 5.04. The molecule has 2 aromatic carbocycles. The third-order valence-corrected chi connectivity index (χ3v) is 8.13. The van der Waals surface area contributed by atoms with Gasteiger partial charge in [-0.25, -0.2) is 13.8 Å². The highest BCUT2D eigenvalue weighted by molar-refractivity contribution is 5.73. The Morgan fingerprint density at radius 3 is 2.09 bits per heavy atom. The topological polar surface area (TPSA) is 128 Å². The van der Waals surface area contributed by atoms with Crippen LogP contribution in [0.5, 0.6) is 0 Å². The van der Waals surface area contributed by atoms with Gasteiger partial charge in [-0.3, -0.25) is 9.59 Å². The van der Waals surface area contributed by atoms with Crippen LogP contribution in [0.1, 0.15) is 59.1 Å². The number of aldehydes is 2. The molecule has 11 heteroatoms. The lowest BCUT2D eigenvalue weighted by Crippen LogP contribution is -2.21. The molecule has 2 aliphatic rings. The Balaban J connectivity index is 0.000000285. The van der Waals surface area contributed by atoms with Crippen LogP contribution in [0, 0.1) is 54.1 Å². The number of aliphatic hydroxyl groups excluding tert-OH is 1. The second-order valence-electron chi connectivity index (χ2n) is 11.5. The van der Waals surface area contributed by atoms with E-state index in [1.165, 1.54) is 19.2 Å². The fraction of sp³-hybridized carbons (Fsp3) is 0.424. The number of fused-ring (bicyclic) bond motifs is 1. The lowest BCUT2D eigenvalue weighted by Gasteiger charge is -2.18. The number of piperidine rings is 1. The minimum absolute atomic E-state index is 0.0997. The van der Waals surface area contributed by atoms with E-state index in [4.69, 9.17) is 10.4 Å². The van der Waals surface area contributed by atoms with Gasteiger partial charge in [0.25, 0.3) is 0 Å². The van der Waals surface area contributed by atoms with E-state index in [0.717, 1.165) is 42.4 Å². The number of likely N-dealkylation sites (tertiary alicyclic amines) is 1. The van der Waals surface area contributed by atoms with Crippen LogP contribution in [0.2, 0.25) is 0 Å². The van der Waals surface area contributed by atoms with E-state index in [2.05, 4.69) is 36.1 Å². The summed E-state index contributed by atoms with van der Waals surface area (Å²) in [6, 6.07) is 6.91. The molecule has 44 heavy (non-hydrogen) atoms. The van der Waals surface area contributed by atoms with E-state index in [9.17, 15) is 23.2 Å². The Labute approximate surface area is 257 Å². The number of aryl methyl sites for hydroxylation is 3. The van der Waals surface area contributed by atoms with Gasteiger partial charge in [0.15, 0.2) is 17.9 Å². The number of aromatic nitrogens is 2. The molecule has 3 aromatic rings. The summed E-state index contributed by atoms with van der Waals surface area (Å²) < 4.78 is 30.1. The standard InChI is InChI=1S/C19H16F2N2O2.C8H15N.C5H6N2O.CH4O/c1-11-5-13(9-22)6-12(2)18(11)14-7-15(19(21)16(20)8-14)17(3-4-24)23-10-25;1-8(2)6-4-9(3)5-7(6)8;1-7-2-5(3-8)6-4-7;1-2/h4-8,10,17H,3H2,1-2H3,(H,23,25);6-7H,4-5H2,1-3H3;2-4H,1H3;2H,1H3. The van der Waals surface area contributed by atoms with Crippen LogP contribution in [-0.2, 0) is 16.6 Å². The van der Waals surface area contributed by atoms with Crippen LogP contribution in [-0.4, -0.2) is 65.8 Å². The van der Waals surface area contributed by atoms with Gasteiger partial charge in [-0.15, -0.1) is 0 Å². The van der Waals surface area contributed by atoms with Crippen LogP contribution in [0.15, 0.2) is 36.8 Å². The van der Waals surface area contributed by atoms with Gasteiger partial charge in [0, 0.05) is 45.4 Å². The molecule has 0 bridgehead atoms. The smallest absolute Gasteiger partial charge is 0.207 e. The fourth-order valence-corrected chi connectivity index (χ4v) is 5.78. The second-order valence-corrected chi connectivity index (χ2v) is 11.5. The van der Waals surface area contributed by atoms with Crippen molar-refractivity contribution < 1.29 is 28.3 Å². The van der Waals surface area contributed by atoms with Crippen molar-refractivity contribution in [3.05, 3.63) is 76.4 Å². The predicted octanol–water partition coefficient (Wildman–Crippen LogP) is 4.54. The van der Waals surface area contributed by atoms with Crippen LogP contribution in [0.4, 0.5) is 8.78 Å². The largest absolute Gasteiger partial charge is 0.400 e. The lowest BCUT2D eigenvalue weighted by molar-refractivity contribution is -0.111. The zero-order chi connectivity index (χ0) is 33.2. The summed E-state index contributed by atoms with van der Waals surface area (Å²) >= 11 is 0. The number of carbonyl (C=O) groups is 3. The summed E-state index contributed by atoms with van der Waals surface area (Å²) in [5.41, 5.74) is 4.12. The minimum Gasteiger partial charge on any atom is -0.400 e. The zero-order valence-corrected chi connectivity index (χ0v) is 26.3. The molecule has 9 nitrogen and oxygen atoms in total. The average molecular weight is 610 g/mol. The Kier molecular flexibility index (Phi) is 13.1. The van der Waals surface area contributed by atoms with Crippen molar-refractivity contribution in [2.45, 2.75) is 40.2 Å². The van der Waals surface area contributed by atoms with E-state index in [-0.39, 0.29) is 12.0 Å². The monoisotopic (exact) mass is 609 g/mol. The number of carbonyl (C=O) groups excluding carboxylic acids is 3. The Morgan fingerprint density at radius 1 is 1.09 bits per heavy atom. The molecule has 3 atom stereocenters. The maximum atomic E-state index is 14.2. The summed E-state index contributed by atoms with van der Waals surface area (Å²) in [6.45, 7) is 11.0. The van der Waals surface area contributed by atoms with Gasteiger partial charge in [0.1, 0.15) is 12.0 Å². The van der Waals surface area contributed by atoms with E-state index in [1.807, 2.05) is 13.1 Å². The van der Waals surface area contributed by atoms with Crippen LogP contribution < -0.4 is 5.32 Å². The average Bonchev–Trinajstić information content (AvgIpc) is 3.36. The molecule has 1 saturated carbocycles. The Bertz CT molecular complexity index is 1450. The first-order valence-corrected chi connectivity index (χ1v) is 14.1. The van der Waals surface area contributed by atoms with Crippen molar-refractivity contribution in [2.24, 2.45) is 24.3 Å². The number of imidazole rings is 1. The van der Waals surface area contributed by atoms with Crippen molar-refractivity contribution >= 4 is 19.0 Å². The molecule has 1 amide bonds. The summed E-state index contributed by atoms with van der Waals surface area (Å²) in [6.07, 6.45) is 4.67. The third-order valence-electron chi connectivity index (χ3n) is 8.13. The second kappa shape index (κ2) is 16.0. The number of nitrogens with one attached hydrogen (secondary N) is 1. The Morgan fingerprint density at radius 2 is 1.68 bits per heavy atom. The zero-order valence-electron chi connectivity index (χ0n) is 26.3. The van der Waals surface area contributed by atoms with Gasteiger partial charge in [-0.1, -0.05) is 13.8 Å². The minimum atomic E-state index is -1.10. The van der Waals surface area contributed by atoms with Gasteiger partial charge in [-0.2, -0.15) is 5.26 Å². The van der Waals surface area contributed by atoms with Crippen molar-refractivity contribution in [1.29, 1.82) is 5.26 Å². The number of nitriles is 1. The van der Waals surface area contributed by atoms with Crippen LogP contribution >= 0.6 is 0 Å². The molecule has 3 unspecified atom stereocenters. The van der Waals surface area contributed by atoms with Gasteiger partial charge in [0.2, 0.25) is 6.41 Å². The summed E-state index contributed by atoms with van der Waals surface area (Å²) in [4.78, 5) is 37.6. The summed E-state index contributed by atoms with van der Waals surface area (Å²) in [5.74, 6) is -0.113. The molecule has 1 aromatic heterocycles. The molecule has 2 heterocycles. The molecule has 5 rings (SSSR count). The van der Waals surface area contributed by atoms with Crippen LogP contribution in [0.3, 0.4) is 0 Å². The molecule has 2 N–H and O–H groups in total. The predicted molar refractivity (Wildman–Crippen MR) is 164 cm³/mol. The number of benzene rings is 2. The Hall–Kier alpha value is -4.27. The first kappa shape index (κ1) is 35.9. The maximum absolute atomic E-state index is 14.2. The first-order chi connectivity index (χ1) is 20.9. The molecule has 0 spiro atoms. The molecule has 1 aliphatic heterocycles. The lowest BCUT2D eigenvalue weighted by atomic mass is 9.91. The fourth-order valence-electron chi connectivity index (χ4n) is 5.78. The molecular formula is C33H41F2N5O4. The number of aliphatic hydroxyl groups is 1. The van der Waals surface area contributed by atoms with E-state index in [1.54, 1.807) is 43.1 Å². The van der Waals surface area contributed by atoms with Crippen molar-refractivity contribution in [2.75, 3.05) is 27.2 Å².